The molecule has 0 radical (unpaired) electrons. The third kappa shape index (κ3) is 4.11. The maximum atomic E-state index is 13.6. The summed E-state index contributed by atoms with van der Waals surface area (Å²) in [6.45, 7) is 4.78. The number of hydrogen-bond donors (Lipinski definition) is 2. The van der Waals surface area contributed by atoms with Gasteiger partial charge in [0.05, 0.1) is 23.4 Å². The van der Waals surface area contributed by atoms with Crippen LogP contribution in [0.15, 0.2) is 30.1 Å². The normalized spacial score (nSPS) is 20.8. The lowest BCUT2D eigenvalue weighted by Crippen LogP contribution is -2.52. The second-order valence-electron chi connectivity index (χ2n) is 8.61. The van der Waals surface area contributed by atoms with E-state index in [1.54, 1.807) is 24.6 Å². The van der Waals surface area contributed by atoms with E-state index in [2.05, 4.69) is 0 Å². The molecule has 0 bridgehead atoms. The molecule has 4 rings (SSSR count). The van der Waals surface area contributed by atoms with Crippen LogP contribution in [0.4, 0.5) is 0 Å². The minimum atomic E-state index is -0.447. The zero-order valence-corrected chi connectivity index (χ0v) is 18.7. The van der Waals surface area contributed by atoms with Gasteiger partial charge in [0.2, 0.25) is 5.91 Å². The highest BCUT2D eigenvalue weighted by molar-refractivity contribution is 7.18. The van der Waals surface area contributed by atoms with Crippen LogP contribution in [-0.2, 0) is 4.79 Å². The number of allylic oxidation sites excluding steroid dienone is 1. The fraction of sp³-hybridized carbons (Fsp3) is 0.545. The van der Waals surface area contributed by atoms with E-state index in [-0.39, 0.29) is 17.9 Å². The van der Waals surface area contributed by atoms with Crippen LogP contribution in [0.3, 0.4) is 0 Å². The molecule has 2 atom stereocenters. The third-order valence-corrected chi connectivity index (χ3v) is 7.11. The third-order valence-electron chi connectivity index (χ3n) is 5.99. The van der Waals surface area contributed by atoms with Crippen molar-refractivity contribution in [1.82, 2.24) is 14.9 Å². The molecule has 7 nitrogen and oxygen atoms in total. The number of thiazole rings is 1. The average Bonchev–Trinajstić information content (AvgIpc) is 3.30. The van der Waals surface area contributed by atoms with Gasteiger partial charge in [-0.2, -0.15) is 0 Å². The van der Waals surface area contributed by atoms with E-state index < -0.39 is 6.04 Å². The molecule has 1 aliphatic carbocycles. The number of carbonyl (C=O) groups excluding carboxylic acids is 1. The van der Waals surface area contributed by atoms with E-state index in [0.717, 1.165) is 58.9 Å². The number of amides is 1. The van der Waals surface area contributed by atoms with E-state index in [1.807, 2.05) is 36.9 Å². The van der Waals surface area contributed by atoms with Gasteiger partial charge in [-0.25, -0.2) is 10.8 Å². The Hall–Kier alpha value is -2.32. The number of methoxy groups -OCH3 is 1. The van der Waals surface area contributed by atoms with Crippen molar-refractivity contribution in [1.29, 1.82) is 0 Å². The summed E-state index contributed by atoms with van der Waals surface area (Å²) in [5, 5.41) is 2.50. The zero-order chi connectivity index (χ0) is 21.4. The van der Waals surface area contributed by atoms with Gasteiger partial charge in [-0.3, -0.25) is 4.79 Å². The summed E-state index contributed by atoms with van der Waals surface area (Å²) >= 11 is 1.63. The van der Waals surface area contributed by atoms with E-state index in [4.69, 9.17) is 21.3 Å². The first-order chi connectivity index (χ1) is 14.4. The molecule has 1 saturated heterocycles. The topological polar surface area (TPSA) is 97.7 Å². The minimum Gasteiger partial charge on any atom is -0.497 e. The number of ether oxygens (including phenoxy) is 1. The molecule has 1 saturated carbocycles. The number of carbonyl (C=O) groups is 1. The molecule has 2 aliphatic rings. The Morgan fingerprint density at radius 3 is 2.80 bits per heavy atom. The molecule has 2 heterocycles. The van der Waals surface area contributed by atoms with Crippen molar-refractivity contribution in [2.24, 2.45) is 23.4 Å². The zero-order valence-electron chi connectivity index (χ0n) is 17.9. The maximum absolute atomic E-state index is 13.6. The molecule has 30 heavy (non-hydrogen) atoms. The van der Waals surface area contributed by atoms with Crippen molar-refractivity contribution in [2.45, 2.75) is 51.6 Å². The predicted molar refractivity (Wildman–Crippen MR) is 120 cm³/mol. The summed E-state index contributed by atoms with van der Waals surface area (Å²) in [5.74, 6) is 7.67. The lowest BCUT2D eigenvalue weighted by atomic mass is 10.0. The summed E-state index contributed by atoms with van der Waals surface area (Å²) in [6, 6.07) is 5.43. The molecule has 2 aromatic rings. The van der Waals surface area contributed by atoms with Gasteiger partial charge < -0.3 is 20.4 Å². The van der Waals surface area contributed by atoms with Gasteiger partial charge in [-0.05, 0) is 49.8 Å². The van der Waals surface area contributed by atoms with Gasteiger partial charge in [-0.1, -0.05) is 13.8 Å². The highest BCUT2D eigenvalue weighted by atomic mass is 32.1. The quantitative estimate of drug-likeness (QED) is 0.517. The van der Waals surface area contributed by atoms with Gasteiger partial charge in [0.25, 0.3) is 0 Å². The summed E-state index contributed by atoms with van der Waals surface area (Å²) in [4.78, 5) is 20.4. The number of hydrazine groups is 1. The Balaban J connectivity index is 1.58. The van der Waals surface area contributed by atoms with Crippen LogP contribution in [-0.4, -0.2) is 40.5 Å². The van der Waals surface area contributed by atoms with Crippen LogP contribution < -0.4 is 16.3 Å². The average molecular weight is 430 g/mol. The van der Waals surface area contributed by atoms with Crippen LogP contribution in [0.5, 0.6) is 5.75 Å². The fourth-order valence-electron chi connectivity index (χ4n) is 4.18. The van der Waals surface area contributed by atoms with Crippen molar-refractivity contribution in [3.8, 4) is 5.75 Å². The number of nitrogens with zero attached hydrogens (tertiary/aromatic N) is 3. The van der Waals surface area contributed by atoms with E-state index in [9.17, 15) is 4.79 Å². The Kier molecular flexibility index (Phi) is 5.88. The molecule has 1 aromatic carbocycles. The second kappa shape index (κ2) is 8.43. The lowest BCUT2D eigenvalue weighted by Gasteiger charge is -2.34. The molecule has 162 valence electrons. The maximum Gasteiger partial charge on any atom is 0.247 e. The van der Waals surface area contributed by atoms with Crippen LogP contribution in [0.25, 0.3) is 10.2 Å². The molecule has 1 aliphatic heterocycles. The first kappa shape index (κ1) is 20.9. The highest BCUT2D eigenvalue weighted by Gasteiger charge is 2.38. The van der Waals surface area contributed by atoms with Crippen LogP contribution in [0.2, 0.25) is 0 Å². The number of benzene rings is 1. The number of fused-ring (bicyclic) bond motifs is 1. The highest BCUT2D eigenvalue weighted by Crippen LogP contribution is 2.38. The first-order valence-electron chi connectivity index (χ1n) is 10.6. The molecular formula is C22H31N5O2S. The Morgan fingerprint density at radius 1 is 1.37 bits per heavy atom. The standard InChI is InChI=1S/C22H31N5O2S/c1-13(2)20(27(24)12-16(23)14-6-7-14)22(28)26-10-4-5-18(26)21-25-17-9-8-15(29-3)11-19(17)30-21/h8-9,11-14,18,20H,4-7,10,23-24H2,1-3H3/b16-12-. The lowest BCUT2D eigenvalue weighted by molar-refractivity contribution is -0.138. The number of rotatable bonds is 7. The van der Waals surface area contributed by atoms with Crippen molar-refractivity contribution in [2.75, 3.05) is 13.7 Å². The Morgan fingerprint density at radius 2 is 2.13 bits per heavy atom. The van der Waals surface area contributed by atoms with Crippen molar-refractivity contribution >= 4 is 27.5 Å². The molecular weight excluding hydrogens is 398 g/mol. The number of nitrogens with two attached hydrogens (primary N) is 2. The van der Waals surface area contributed by atoms with E-state index >= 15 is 0 Å². The van der Waals surface area contributed by atoms with Gasteiger partial charge in [-0.15, -0.1) is 11.3 Å². The SMILES string of the molecule is COc1ccc2nc(C3CCCN3C(=O)C(C(C)C)N(N)/C=C(\N)C3CC3)sc2c1. The smallest absolute Gasteiger partial charge is 0.247 e. The first-order valence-corrected chi connectivity index (χ1v) is 11.5. The molecule has 2 fully saturated rings. The van der Waals surface area contributed by atoms with Gasteiger partial charge in [0.15, 0.2) is 0 Å². The van der Waals surface area contributed by atoms with Gasteiger partial charge in [0.1, 0.15) is 16.8 Å². The molecule has 2 unspecified atom stereocenters. The van der Waals surface area contributed by atoms with Crippen molar-refractivity contribution in [3.05, 3.63) is 35.1 Å². The van der Waals surface area contributed by atoms with Gasteiger partial charge in [0, 0.05) is 24.4 Å². The second-order valence-corrected chi connectivity index (χ2v) is 9.68. The predicted octanol–water partition coefficient (Wildman–Crippen LogP) is 3.38. The van der Waals surface area contributed by atoms with Crippen molar-refractivity contribution in [3.63, 3.8) is 0 Å². The fourth-order valence-corrected chi connectivity index (χ4v) is 5.32. The Bertz CT molecular complexity index is 952. The Labute approximate surface area is 181 Å². The summed E-state index contributed by atoms with van der Waals surface area (Å²) < 4.78 is 6.41. The monoisotopic (exact) mass is 429 g/mol. The molecule has 0 spiro atoms. The number of hydrogen-bond acceptors (Lipinski definition) is 7. The largest absolute Gasteiger partial charge is 0.497 e. The molecule has 1 amide bonds. The molecule has 4 N–H and O–H groups in total. The van der Waals surface area contributed by atoms with Gasteiger partial charge >= 0.3 is 0 Å². The molecule has 1 aromatic heterocycles. The summed E-state index contributed by atoms with van der Waals surface area (Å²) in [6.07, 6.45) is 5.85. The van der Waals surface area contributed by atoms with E-state index in [0.29, 0.717) is 5.92 Å². The van der Waals surface area contributed by atoms with Crippen LogP contribution >= 0.6 is 11.3 Å². The minimum absolute atomic E-state index is 0.0136. The van der Waals surface area contributed by atoms with Crippen molar-refractivity contribution < 1.29 is 9.53 Å². The van der Waals surface area contributed by atoms with E-state index in [1.165, 1.54) is 5.01 Å². The van der Waals surface area contributed by atoms with Crippen LogP contribution in [0, 0.1) is 11.8 Å². The summed E-state index contributed by atoms with van der Waals surface area (Å²) in [7, 11) is 1.66. The number of likely N-dealkylation sites (tertiary alicyclic amines) is 1. The number of aromatic nitrogens is 1. The summed E-state index contributed by atoms with van der Waals surface area (Å²) in [5.41, 5.74) is 7.87. The molecule has 8 heteroatoms. The van der Waals surface area contributed by atoms with Crippen LogP contribution in [0.1, 0.15) is 50.6 Å².